The minimum atomic E-state index is -0.843. The molecule has 36 heavy (non-hydrogen) atoms. The number of imidazole rings is 1. The number of urea groups is 1. The zero-order valence-electron chi connectivity index (χ0n) is 19.9. The van der Waals surface area contributed by atoms with Crippen LogP contribution in [0, 0.1) is 12.1 Å². The maximum atomic E-state index is 13.6. The third kappa shape index (κ3) is 4.93. The number of quaternary nitrogens is 1. The van der Waals surface area contributed by atoms with E-state index in [2.05, 4.69) is 15.6 Å². The molecular weight excluding hydrogens is 482 g/mol. The van der Waals surface area contributed by atoms with Gasteiger partial charge in [-0.05, 0) is 43.5 Å². The third-order valence-electron chi connectivity index (χ3n) is 6.74. The summed E-state index contributed by atoms with van der Waals surface area (Å²) in [7, 11) is 0. The van der Waals surface area contributed by atoms with Crippen molar-refractivity contribution in [3.63, 3.8) is 0 Å². The molecule has 0 bridgehead atoms. The predicted molar refractivity (Wildman–Crippen MR) is 135 cm³/mol. The van der Waals surface area contributed by atoms with Gasteiger partial charge in [-0.1, -0.05) is 48.0 Å². The minimum Gasteiger partial charge on any atom is -0.587 e. The molecule has 0 aliphatic carbocycles. The number of hydrogen-bond acceptors (Lipinski definition) is 5. The second-order valence-corrected chi connectivity index (χ2v) is 9.49. The summed E-state index contributed by atoms with van der Waals surface area (Å²) < 4.78 is 1.66. The molecular formula is C25H28ClN7O3. The molecule has 188 valence electrons. The maximum Gasteiger partial charge on any atom is 0.320 e. The highest BCUT2D eigenvalue weighted by Gasteiger charge is 2.38. The Balaban J connectivity index is 1.24. The molecule has 0 radical (unpaired) electrons. The topological polar surface area (TPSA) is 110 Å². The van der Waals surface area contributed by atoms with Crippen LogP contribution in [0.1, 0.15) is 36.0 Å². The number of halogens is 1. The first-order valence-electron chi connectivity index (χ1n) is 11.9. The van der Waals surface area contributed by atoms with Crippen LogP contribution in [0.3, 0.4) is 0 Å². The van der Waals surface area contributed by atoms with Gasteiger partial charge in [-0.3, -0.25) is 4.79 Å². The Morgan fingerprint density at radius 3 is 2.58 bits per heavy atom. The Kier molecular flexibility index (Phi) is 6.92. The third-order valence-corrected chi connectivity index (χ3v) is 6.97. The Bertz CT molecular complexity index is 1240. The number of carbonyl (C=O) groups is 2. The fourth-order valence-corrected chi connectivity index (χ4v) is 5.09. The fourth-order valence-electron chi connectivity index (χ4n) is 4.90. The predicted octanol–water partition coefficient (Wildman–Crippen LogP) is 2.28. The molecule has 5 rings (SSSR count). The Hall–Kier alpha value is -3.44. The van der Waals surface area contributed by atoms with E-state index >= 15 is 0 Å². The van der Waals surface area contributed by atoms with Crippen molar-refractivity contribution in [3.05, 3.63) is 88.1 Å². The summed E-state index contributed by atoms with van der Waals surface area (Å²) >= 11 is 6.02. The van der Waals surface area contributed by atoms with E-state index in [4.69, 9.17) is 11.6 Å². The van der Waals surface area contributed by atoms with Crippen molar-refractivity contribution in [2.45, 2.75) is 38.4 Å². The molecule has 0 spiro atoms. The van der Waals surface area contributed by atoms with Crippen molar-refractivity contribution in [1.29, 1.82) is 0 Å². The van der Waals surface area contributed by atoms with Gasteiger partial charge in [-0.2, -0.15) is 9.96 Å². The van der Waals surface area contributed by atoms with Gasteiger partial charge >= 0.3 is 6.03 Å². The van der Waals surface area contributed by atoms with Crippen LogP contribution in [0.15, 0.2) is 60.8 Å². The number of anilines is 1. The maximum absolute atomic E-state index is 13.6. The number of nitrogens with one attached hydrogen (secondary N) is 3. The highest BCUT2D eigenvalue weighted by molar-refractivity contribution is 6.30. The smallest absolute Gasteiger partial charge is 0.320 e. The van der Waals surface area contributed by atoms with Crippen LogP contribution in [-0.2, 0) is 11.3 Å². The summed E-state index contributed by atoms with van der Waals surface area (Å²) in [6, 6.07) is 14.7. The Morgan fingerprint density at radius 1 is 1.14 bits per heavy atom. The summed E-state index contributed by atoms with van der Waals surface area (Å²) in [5, 5.41) is 20.8. The SMILES string of the molecule is Cc1ncc2n1[NH+]([O-])N(C1CCN(C(=O)C(NC(=O)Nc3cccc(Cl)c3)c3ccccc3)CC1)C2. The zero-order valence-corrected chi connectivity index (χ0v) is 20.6. The van der Waals surface area contributed by atoms with E-state index in [0.717, 1.165) is 5.69 Å². The first-order chi connectivity index (χ1) is 17.4. The average molecular weight is 510 g/mol. The van der Waals surface area contributed by atoms with Crippen molar-refractivity contribution in [3.8, 4) is 0 Å². The standard InChI is InChI=1S/C25H28ClN7O3/c1-17-27-15-22-16-31(33(36)32(17)22)21-10-12-30(13-11-21)24(34)23(18-6-3-2-4-7-18)29-25(35)28-20-9-5-8-19(26)14-20/h2-9,14-15,21,23,33H,10-13,16H2,1H3,(H2,28,29,35). The molecule has 3 heterocycles. The molecule has 11 heteroatoms. The van der Waals surface area contributed by atoms with Gasteiger partial charge in [0.05, 0.1) is 18.8 Å². The lowest BCUT2D eigenvalue weighted by Gasteiger charge is -2.39. The van der Waals surface area contributed by atoms with Gasteiger partial charge in [-0.25, -0.2) is 9.78 Å². The molecule has 3 N–H and O–H groups in total. The molecule has 2 aromatic carbocycles. The van der Waals surface area contributed by atoms with E-state index in [0.29, 0.717) is 54.6 Å². The largest absolute Gasteiger partial charge is 0.587 e. The van der Waals surface area contributed by atoms with Crippen LogP contribution in [0.25, 0.3) is 0 Å². The number of piperidine rings is 1. The van der Waals surface area contributed by atoms with Crippen molar-refractivity contribution in [1.82, 2.24) is 24.9 Å². The zero-order chi connectivity index (χ0) is 25.2. The first kappa shape index (κ1) is 24.3. The molecule has 0 saturated carbocycles. The van der Waals surface area contributed by atoms with E-state index < -0.39 is 12.1 Å². The minimum absolute atomic E-state index is 0.0497. The van der Waals surface area contributed by atoms with E-state index in [1.165, 1.54) is 0 Å². The van der Waals surface area contributed by atoms with E-state index in [1.807, 2.05) is 42.3 Å². The number of rotatable bonds is 5. The first-order valence-corrected chi connectivity index (χ1v) is 12.3. The number of aromatic nitrogens is 2. The second kappa shape index (κ2) is 10.3. The lowest BCUT2D eigenvalue weighted by Crippen LogP contribution is -3.15. The van der Waals surface area contributed by atoms with Gasteiger partial charge in [0.25, 0.3) is 0 Å². The Morgan fingerprint density at radius 2 is 1.89 bits per heavy atom. The van der Waals surface area contributed by atoms with Crippen LogP contribution in [-0.4, -0.2) is 50.6 Å². The summed E-state index contributed by atoms with van der Waals surface area (Å²) in [4.78, 5) is 32.4. The van der Waals surface area contributed by atoms with Crippen molar-refractivity contribution in [2.24, 2.45) is 0 Å². The number of aryl methyl sites for hydroxylation is 1. The summed E-state index contributed by atoms with van der Waals surface area (Å²) in [5.41, 5.74) is 2.13. The molecule has 1 fully saturated rings. The number of carbonyl (C=O) groups excluding carboxylic acids is 2. The van der Waals surface area contributed by atoms with Crippen molar-refractivity contribution >= 4 is 29.2 Å². The molecule has 1 saturated heterocycles. The number of amides is 3. The lowest BCUT2D eigenvalue weighted by molar-refractivity contribution is -1.01. The van der Waals surface area contributed by atoms with Gasteiger partial charge in [0, 0.05) is 23.8 Å². The van der Waals surface area contributed by atoms with Crippen LogP contribution < -0.4 is 15.9 Å². The van der Waals surface area contributed by atoms with Crippen molar-refractivity contribution < 1.29 is 14.9 Å². The number of benzene rings is 2. The number of likely N-dealkylation sites (tertiary alicyclic amines) is 1. The molecule has 2 unspecified atom stereocenters. The molecule has 10 nitrogen and oxygen atoms in total. The van der Waals surface area contributed by atoms with E-state index in [-0.39, 0.29) is 17.2 Å². The van der Waals surface area contributed by atoms with Gasteiger partial charge in [0.2, 0.25) is 5.91 Å². The average Bonchev–Trinajstić information content (AvgIpc) is 3.42. The lowest BCUT2D eigenvalue weighted by atomic mass is 10.0. The van der Waals surface area contributed by atoms with E-state index in [9.17, 15) is 14.8 Å². The molecule has 2 aliphatic rings. The number of hydrogen-bond donors (Lipinski definition) is 3. The monoisotopic (exact) mass is 509 g/mol. The molecule has 3 aromatic rings. The van der Waals surface area contributed by atoms with Gasteiger partial charge in [-0.15, -0.1) is 5.01 Å². The fraction of sp³-hybridized carbons (Fsp3) is 0.320. The summed E-state index contributed by atoms with van der Waals surface area (Å²) in [6.45, 7) is 3.36. The summed E-state index contributed by atoms with van der Waals surface area (Å²) in [5.74, 6) is 0.512. The summed E-state index contributed by atoms with van der Waals surface area (Å²) in [6.07, 6.45) is 3.09. The molecule has 1 aromatic heterocycles. The number of fused-ring (bicyclic) bond motifs is 1. The van der Waals surface area contributed by atoms with Crippen LogP contribution in [0.4, 0.5) is 10.5 Å². The second-order valence-electron chi connectivity index (χ2n) is 9.05. The van der Waals surface area contributed by atoms with Gasteiger partial charge < -0.3 is 20.7 Å². The quantitative estimate of drug-likeness (QED) is 0.457. The molecule has 3 amide bonds. The molecule has 2 aliphatic heterocycles. The van der Waals surface area contributed by atoms with Crippen molar-refractivity contribution in [2.75, 3.05) is 18.4 Å². The highest BCUT2D eigenvalue weighted by Crippen LogP contribution is 2.23. The Labute approximate surface area is 214 Å². The van der Waals surface area contributed by atoms with Crippen LogP contribution in [0.5, 0.6) is 0 Å². The van der Waals surface area contributed by atoms with Gasteiger partial charge in [0.15, 0.2) is 5.82 Å². The molecule has 2 atom stereocenters. The highest BCUT2D eigenvalue weighted by atomic mass is 35.5. The number of nitrogens with zero attached hydrogens (tertiary/aromatic N) is 4. The van der Waals surface area contributed by atoms with Crippen LogP contribution in [0.2, 0.25) is 5.02 Å². The van der Waals surface area contributed by atoms with Gasteiger partial charge in [0.1, 0.15) is 11.7 Å². The van der Waals surface area contributed by atoms with E-state index in [1.54, 1.807) is 40.0 Å². The normalized spacial score (nSPS) is 19.1. The van der Waals surface area contributed by atoms with Crippen LogP contribution >= 0.6 is 11.6 Å².